The minimum atomic E-state index is -0.964. The molecule has 0 amide bonds. The van der Waals surface area contributed by atoms with Gasteiger partial charge in [-0.3, -0.25) is 10.00 Å². The lowest BCUT2D eigenvalue weighted by Gasteiger charge is -2.13. The fourth-order valence-electron chi connectivity index (χ4n) is 2.77. The fraction of sp³-hybridized carbons (Fsp3) is 0.188. The zero-order valence-corrected chi connectivity index (χ0v) is 13.2. The molecule has 0 aliphatic carbocycles. The second-order valence-electron chi connectivity index (χ2n) is 5.66. The number of aryl methyl sites for hydroxylation is 1. The number of aromatic nitrogens is 4. The number of anilines is 2. The van der Waals surface area contributed by atoms with Gasteiger partial charge in [-0.2, -0.15) is 5.10 Å². The van der Waals surface area contributed by atoms with Crippen LogP contribution in [0.2, 0.25) is 0 Å². The highest BCUT2D eigenvalue weighted by Gasteiger charge is 2.28. The summed E-state index contributed by atoms with van der Waals surface area (Å²) in [6.45, 7) is 0.268. The summed E-state index contributed by atoms with van der Waals surface area (Å²) in [4.78, 5) is 8.48. The Labute approximate surface area is 141 Å². The molecule has 1 aromatic carbocycles. The molecule has 128 valence electrons. The average molecular weight is 344 g/mol. The quantitative estimate of drug-likeness (QED) is 0.674. The van der Waals surface area contributed by atoms with Crippen LogP contribution >= 0.6 is 0 Å². The highest BCUT2D eigenvalue weighted by atomic mass is 19.1. The molecule has 0 fully saturated rings. The maximum Gasteiger partial charge on any atom is 0.167 e. The maximum absolute atomic E-state index is 14.1. The van der Waals surface area contributed by atoms with Crippen molar-refractivity contribution in [2.45, 2.75) is 12.8 Å². The number of halogens is 2. The zero-order chi connectivity index (χ0) is 17.6. The van der Waals surface area contributed by atoms with E-state index < -0.39 is 17.9 Å². The largest absolute Gasteiger partial charge is 0.374 e. The normalized spacial score (nSPS) is 16.1. The first kappa shape index (κ1) is 15.6. The first-order chi connectivity index (χ1) is 12.0. The molecule has 0 saturated heterocycles. The van der Waals surface area contributed by atoms with Gasteiger partial charge >= 0.3 is 0 Å². The number of aliphatic hydroxyl groups excluding tert-OH is 1. The molecule has 9 heteroatoms. The summed E-state index contributed by atoms with van der Waals surface area (Å²) in [6.07, 6.45) is 2.33. The summed E-state index contributed by atoms with van der Waals surface area (Å²) in [7, 11) is 1.76. The molecule has 1 aliphatic rings. The first-order valence-corrected chi connectivity index (χ1v) is 7.55. The third-order valence-corrected chi connectivity index (χ3v) is 3.91. The molecule has 2 aromatic heterocycles. The van der Waals surface area contributed by atoms with E-state index in [2.05, 4.69) is 25.7 Å². The smallest absolute Gasteiger partial charge is 0.167 e. The Morgan fingerprint density at radius 3 is 2.72 bits per heavy atom. The van der Waals surface area contributed by atoms with Gasteiger partial charge in [0, 0.05) is 19.8 Å². The summed E-state index contributed by atoms with van der Waals surface area (Å²) in [5, 5.41) is 20.0. The number of rotatable bonds is 3. The van der Waals surface area contributed by atoms with E-state index in [0.717, 1.165) is 12.1 Å². The van der Waals surface area contributed by atoms with Gasteiger partial charge in [-0.05, 0) is 12.1 Å². The molecule has 0 bridgehead atoms. The molecule has 3 aromatic rings. The summed E-state index contributed by atoms with van der Waals surface area (Å²) in [5.41, 5.74) is 1.25. The van der Waals surface area contributed by atoms with Crippen LogP contribution in [-0.2, 0) is 13.6 Å². The van der Waals surface area contributed by atoms with Gasteiger partial charge in [-0.25, -0.2) is 18.7 Å². The van der Waals surface area contributed by atoms with Crippen LogP contribution in [-0.4, -0.2) is 24.9 Å². The summed E-state index contributed by atoms with van der Waals surface area (Å²) in [5.74, 6) is -1.32. The number of hydrogen-bond donors (Lipinski definition) is 3. The molecule has 3 heterocycles. The lowest BCUT2D eigenvalue weighted by Crippen LogP contribution is -2.12. The molecular formula is C16H14F2N6O. The van der Waals surface area contributed by atoms with Gasteiger partial charge in [-0.1, -0.05) is 6.07 Å². The maximum atomic E-state index is 14.1. The van der Waals surface area contributed by atoms with Crippen molar-refractivity contribution < 1.29 is 13.9 Å². The van der Waals surface area contributed by atoms with Crippen LogP contribution in [0.15, 0.2) is 30.6 Å². The predicted octanol–water partition coefficient (Wildman–Crippen LogP) is 1.99. The van der Waals surface area contributed by atoms with Crippen LogP contribution in [0, 0.1) is 11.6 Å². The Hall–Kier alpha value is -2.91. The van der Waals surface area contributed by atoms with Crippen LogP contribution in [0.4, 0.5) is 20.3 Å². The number of nitrogens with one attached hydrogen (secondary N) is 2. The van der Waals surface area contributed by atoms with Gasteiger partial charge in [0.2, 0.25) is 0 Å². The predicted molar refractivity (Wildman–Crippen MR) is 85.7 cm³/mol. The standard InChI is InChI=1S/C16H14F2N6O/c1-24-7-8(5-20-24)21-15-13-11(6-19-16(13)25)22-14(23-15)12-9(17)3-2-4-10(12)18/h2-5,7,16,19,25H,6H2,1H3,(H,21,22,23). The van der Waals surface area contributed by atoms with Crippen LogP contribution in [0.1, 0.15) is 17.5 Å². The Balaban J connectivity index is 1.86. The molecule has 7 nitrogen and oxygen atoms in total. The van der Waals surface area contributed by atoms with Gasteiger partial charge in [0.1, 0.15) is 23.7 Å². The van der Waals surface area contributed by atoms with E-state index >= 15 is 0 Å². The second kappa shape index (κ2) is 5.87. The first-order valence-electron chi connectivity index (χ1n) is 7.55. The van der Waals surface area contributed by atoms with E-state index in [0.29, 0.717) is 16.9 Å². The Morgan fingerprint density at radius 1 is 1.28 bits per heavy atom. The highest BCUT2D eigenvalue weighted by Crippen LogP contribution is 2.33. The number of hydrogen-bond acceptors (Lipinski definition) is 6. The molecule has 4 rings (SSSR count). The molecule has 0 radical (unpaired) electrons. The third-order valence-electron chi connectivity index (χ3n) is 3.91. The molecule has 1 unspecified atom stereocenters. The van der Waals surface area contributed by atoms with E-state index in [1.54, 1.807) is 24.1 Å². The number of nitrogens with zero attached hydrogens (tertiary/aromatic N) is 4. The Morgan fingerprint density at radius 2 is 2.04 bits per heavy atom. The highest BCUT2D eigenvalue weighted by molar-refractivity contribution is 5.66. The molecular weight excluding hydrogens is 330 g/mol. The molecule has 3 N–H and O–H groups in total. The fourth-order valence-corrected chi connectivity index (χ4v) is 2.77. The van der Waals surface area contributed by atoms with Crippen molar-refractivity contribution in [3.63, 3.8) is 0 Å². The van der Waals surface area contributed by atoms with Crippen molar-refractivity contribution in [1.29, 1.82) is 0 Å². The minimum absolute atomic E-state index is 0.0864. The summed E-state index contributed by atoms with van der Waals surface area (Å²) in [6, 6.07) is 3.58. The molecule has 25 heavy (non-hydrogen) atoms. The van der Waals surface area contributed by atoms with Gasteiger partial charge in [0.05, 0.1) is 28.7 Å². The molecule has 1 aliphatic heterocycles. The van der Waals surface area contributed by atoms with Crippen molar-refractivity contribution >= 4 is 11.5 Å². The average Bonchev–Trinajstić information content (AvgIpc) is 3.13. The number of aliphatic hydroxyl groups is 1. The monoisotopic (exact) mass is 344 g/mol. The minimum Gasteiger partial charge on any atom is -0.374 e. The lowest BCUT2D eigenvalue weighted by atomic mass is 10.1. The van der Waals surface area contributed by atoms with E-state index in [9.17, 15) is 13.9 Å². The van der Waals surface area contributed by atoms with Crippen molar-refractivity contribution in [3.05, 3.63) is 53.5 Å². The Bertz CT molecular complexity index is 938. The van der Waals surface area contributed by atoms with Gasteiger partial charge in [-0.15, -0.1) is 0 Å². The zero-order valence-electron chi connectivity index (χ0n) is 13.2. The van der Waals surface area contributed by atoms with E-state index in [1.165, 1.54) is 6.07 Å². The van der Waals surface area contributed by atoms with E-state index in [1.807, 2.05) is 0 Å². The molecule has 0 saturated carbocycles. The van der Waals surface area contributed by atoms with E-state index in [4.69, 9.17) is 0 Å². The summed E-state index contributed by atoms with van der Waals surface area (Å²) >= 11 is 0. The van der Waals surface area contributed by atoms with Crippen LogP contribution < -0.4 is 10.6 Å². The number of fused-ring (bicyclic) bond motifs is 1. The van der Waals surface area contributed by atoms with Gasteiger partial charge < -0.3 is 10.4 Å². The van der Waals surface area contributed by atoms with Crippen molar-refractivity contribution in [2.24, 2.45) is 7.05 Å². The Kier molecular flexibility index (Phi) is 3.66. The van der Waals surface area contributed by atoms with E-state index in [-0.39, 0.29) is 23.8 Å². The topological polar surface area (TPSA) is 87.9 Å². The second-order valence-corrected chi connectivity index (χ2v) is 5.66. The third kappa shape index (κ3) is 2.73. The SMILES string of the molecule is Cn1cc(Nc2nc(-c3c(F)cccc3F)nc3c2C(O)NC3)cn1. The van der Waals surface area contributed by atoms with Gasteiger partial charge in [0.15, 0.2) is 5.82 Å². The van der Waals surface area contributed by atoms with Gasteiger partial charge in [0.25, 0.3) is 0 Å². The van der Waals surface area contributed by atoms with Crippen LogP contribution in [0.3, 0.4) is 0 Å². The summed E-state index contributed by atoms with van der Waals surface area (Å²) < 4.78 is 29.8. The molecule has 1 atom stereocenters. The lowest BCUT2D eigenvalue weighted by molar-refractivity contribution is 0.152. The van der Waals surface area contributed by atoms with Crippen LogP contribution in [0.5, 0.6) is 0 Å². The molecule has 0 spiro atoms. The van der Waals surface area contributed by atoms with Crippen molar-refractivity contribution in [1.82, 2.24) is 25.1 Å². The van der Waals surface area contributed by atoms with Crippen molar-refractivity contribution in [2.75, 3.05) is 5.32 Å². The number of benzene rings is 1. The van der Waals surface area contributed by atoms with Crippen molar-refractivity contribution in [3.8, 4) is 11.4 Å². The van der Waals surface area contributed by atoms with Crippen LogP contribution in [0.25, 0.3) is 11.4 Å².